The highest BCUT2D eigenvalue weighted by Gasteiger charge is 2.29. The lowest BCUT2D eigenvalue weighted by atomic mass is 10.2. The Bertz CT molecular complexity index is 461. The lowest BCUT2D eigenvalue weighted by Gasteiger charge is -2.06. The van der Waals surface area contributed by atoms with Gasteiger partial charge in [-0.25, -0.2) is 0 Å². The van der Waals surface area contributed by atoms with Crippen molar-refractivity contribution in [2.45, 2.75) is 12.8 Å². The van der Waals surface area contributed by atoms with E-state index in [0.717, 1.165) is 12.8 Å². The van der Waals surface area contributed by atoms with Gasteiger partial charge in [-0.2, -0.15) is 5.26 Å². The maximum Gasteiger partial charge on any atom is 0.173 e. The van der Waals surface area contributed by atoms with Gasteiger partial charge >= 0.3 is 0 Å². The molecule has 1 fully saturated rings. The standard InChI is InChI=1S/C12H10ClNO2/c13-10-5-8(6-14)1-4-12(10)16-7-11(15)9-2-3-9/h1,4-5,9H,2-3,7H2. The number of carbonyl (C=O) groups excluding carboxylic acids is 1. The molecule has 0 aliphatic heterocycles. The van der Waals surface area contributed by atoms with Crippen LogP contribution < -0.4 is 4.74 Å². The highest BCUT2D eigenvalue weighted by Crippen LogP contribution is 2.31. The Morgan fingerprint density at radius 1 is 1.56 bits per heavy atom. The molecular weight excluding hydrogens is 226 g/mol. The summed E-state index contributed by atoms with van der Waals surface area (Å²) in [7, 11) is 0. The Morgan fingerprint density at radius 3 is 2.88 bits per heavy atom. The van der Waals surface area contributed by atoms with E-state index in [1.54, 1.807) is 12.1 Å². The maximum absolute atomic E-state index is 11.4. The number of benzene rings is 1. The Kier molecular flexibility index (Phi) is 3.12. The van der Waals surface area contributed by atoms with Crippen LogP contribution in [0.3, 0.4) is 0 Å². The van der Waals surface area contributed by atoms with Crippen LogP contribution in [0.1, 0.15) is 18.4 Å². The summed E-state index contributed by atoms with van der Waals surface area (Å²) in [6.45, 7) is 0.0658. The maximum atomic E-state index is 11.4. The second kappa shape index (κ2) is 4.54. The third kappa shape index (κ3) is 2.53. The van der Waals surface area contributed by atoms with Crippen molar-refractivity contribution < 1.29 is 9.53 Å². The van der Waals surface area contributed by atoms with Crippen LogP contribution in [0, 0.1) is 17.2 Å². The minimum absolute atomic E-state index is 0.0658. The number of ketones is 1. The molecule has 0 amide bonds. The van der Waals surface area contributed by atoms with Crippen molar-refractivity contribution in [1.82, 2.24) is 0 Å². The summed E-state index contributed by atoms with van der Waals surface area (Å²) in [5.41, 5.74) is 0.478. The molecule has 0 aromatic heterocycles. The van der Waals surface area contributed by atoms with Gasteiger partial charge in [0.15, 0.2) is 5.78 Å². The number of nitrogens with zero attached hydrogens (tertiary/aromatic N) is 1. The first kappa shape index (κ1) is 11.0. The summed E-state index contributed by atoms with van der Waals surface area (Å²) >= 11 is 5.90. The van der Waals surface area contributed by atoms with Gasteiger partial charge in [-0.3, -0.25) is 4.79 Å². The summed E-state index contributed by atoms with van der Waals surface area (Å²) in [5.74, 6) is 0.771. The van der Waals surface area contributed by atoms with Crippen LogP contribution in [0.2, 0.25) is 5.02 Å². The molecular formula is C12H10ClNO2. The third-order valence-corrected chi connectivity index (χ3v) is 2.76. The average molecular weight is 236 g/mol. The van der Waals surface area contributed by atoms with Crippen molar-refractivity contribution in [3.8, 4) is 11.8 Å². The molecule has 16 heavy (non-hydrogen) atoms. The second-order valence-electron chi connectivity index (χ2n) is 3.79. The van der Waals surface area contributed by atoms with Crippen molar-refractivity contribution in [3.63, 3.8) is 0 Å². The molecule has 4 heteroatoms. The number of hydrogen-bond donors (Lipinski definition) is 0. The fraction of sp³-hybridized carbons (Fsp3) is 0.333. The molecule has 82 valence electrons. The normalized spacial score (nSPS) is 14.2. The molecule has 1 aromatic rings. The zero-order valence-electron chi connectivity index (χ0n) is 8.57. The lowest BCUT2D eigenvalue weighted by molar-refractivity contribution is -0.122. The molecule has 3 nitrogen and oxygen atoms in total. The fourth-order valence-corrected chi connectivity index (χ4v) is 1.59. The molecule has 0 atom stereocenters. The molecule has 0 spiro atoms. The zero-order chi connectivity index (χ0) is 11.5. The van der Waals surface area contributed by atoms with E-state index in [4.69, 9.17) is 21.6 Å². The molecule has 0 radical (unpaired) electrons. The average Bonchev–Trinajstić information content (AvgIpc) is 3.10. The van der Waals surface area contributed by atoms with E-state index in [-0.39, 0.29) is 18.3 Å². The molecule has 1 aliphatic rings. The number of ether oxygens (including phenoxy) is 1. The van der Waals surface area contributed by atoms with E-state index in [2.05, 4.69) is 0 Å². The summed E-state index contributed by atoms with van der Waals surface area (Å²) in [4.78, 5) is 11.4. The highest BCUT2D eigenvalue weighted by molar-refractivity contribution is 6.32. The first-order valence-corrected chi connectivity index (χ1v) is 5.43. The number of nitriles is 1. The first-order valence-electron chi connectivity index (χ1n) is 5.06. The molecule has 0 N–H and O–H groups in total. The van der Waals surface area contributed by atoms with Gasteiger partial charge in [0, 0.05) is 5.92 Å². The summed E-state index contributed by atoms with van der Waals surface area (Å²) in [5, 5.41) is 9.01. The number of halogens is 1. The Morgan fingerprint density at radius 2 is 2.31 bits per heavy atom. The predicted octanol–water partition coefficient (Wildman–Crippen LogP) is 2.57. The van der Waals surface area contributed by atoms with Crippen LogP contribution in [0.25, 0.3) is 0 Å². The van der Waals surface area contributed by atoms with Crippen LogP contribution in [-0.4, -0.2) is 12.4 Å². The van der Waals surface area contributed by atoms with E-state index in [1.165, 1.54) is 6.07 Å². The first-order chi connectivity index (χ1) is 7.70. The monoisotopic (exact) mass is 235 g/mol. The zero-order valence-corrected chi connectivity index (χ0v) is 9.33. The number of hydrogen-bond acceptors (Lipinski definition) is 3. The topological polar surface area (TPSA) is 50.1 Å². The summed E-state index contributed by atoms with van der Waals surface area (Å²) in [6.07, 6.45) is 1.95. The van der Waals surface area contributed by atoms with Gasteiger partial charge < -0.3 is 4.74 Å². The predicted molar refractivity (Wildman–Crippen MR) is 59.4 cm³/mol. The van der Waals surface area contributed by atoms with Gasteiger partial charge in [-0.1, -0.05) is 11.6 Å². The quantitative estimate of drug-likeness (QED) is 0.806. The van der Waals surface area contributed by atoms with Crippen LogP contribution >= 0.6 is 11.6 Å². The number of carbonyl (C=O) groups is 1. The van der Waals surface area contributed by atoms with Gasteiger partial charge in [-0.15, -0.1) is 0 Å². The van der Waals surface area contributed by atoms with E-state index >= 15 is 0 Å². The molecule has 0 heterocycles. The van der Waals surface area contributed by atoms with E-state index in [9.17, 15) is 4.79 Å². The largest absolute Gasteiger partial charge is 0.484 e. The Labute approximate surface area is 98.6 Å². The Balaban J connectivity index is 1.98. The van der Waals surface area contributed by atoms with Crippen molar-refractivity contribution in [2.24, 2.45) is 5.92 Å². The van der Waals surface area contributed by atoms with Crippen molar-refractivity contribution in [1.29, 1.82) is 5.26 Å². The van der Waals surface area contributed by atoms with Crippen molar-refractivity contribution in [2.75, 3.05) is 6.61 Å². The van der Waals surface area contributed by atoms with Crippen LogP contribution in [0.5, 0.6) is 5.75 Å². The fourth-order valence-electron chi connectivity index (χ4n) is 1.36. The smallest absolute Gasteiger partial charge is 0.173 e. The SMILES string of the molecule is N#Cc1ccc(OCC(=O)C2CC2)c(Cl)c1. The van der Waals surface area contributed by atoms with E-state index < -0.39 is 0 Å². The third-order valence-electron chi connectivity index (χ3n) is 2.46. The molecule has 2 rings (SSSR count). The lowest BCUT2D eigenvalue weighted by Crippen LogP contribution is -2.12. The van der Waals surface area contributed by atoms with Gasteiger partial charge in [0.05, 0.1) is 16.7 Å². The molecule has 0 saturated heterocycles. The second-order valence-corrected chi connectivity index (χ2v) is 4.19. The van der Waals surface area contributed by atoms with Crippen LogP contribution in [0.4, 0.5) is 0 Å². The van der Waals surface area contributed by atoms with Crippen molar-refractivity contribution >= 4 is 17.4 Å². The van der Waals surface area contributed by atoms with Gasteiger partial charge in [0.25, 0.3) is 0 Å². The van der Waals surface area contributed by atoms with E-state index in [1.807, 2.05) is 6.07 Å². The van der Waals surface area contributed by atoms with Gasteiger partial charge in [-0.05, 0) is 31.0 Å². The number of Topliss-reactive ketones (excluding diaryl/α,β-unsaturated/α-hetero) is 1. The van der Waals surface area contributed by atoms with E-state index in [0.29, 0.717) is 16.3 Å². The summed E-state index contributed by atoms with van der Waals surface area (Å²) in [6, 6.07) is 6.73. The van der Waals surface area contributed by atoms with Gasteiger partial charge in [0.2, 0.25) is 0 Å². The molecule has 0 unspecified atom stereocenters. The van der Waals surface area contributed by atoms with Crippen LogP contribution in [-0.2, 0) is 4.79 Å². The summed E-state index contributed by atoms with van der Waals surface area (Å²) < 4.78 is 5.31. The minimum Gasteiger partial charge on any atom is -0.484 e. The molecule has 1 saturated carbocycles. The molecule has 0 bridgehead atoms. The molecule has 1 aromatic carbocycles. The number of rotatable bonds is 4. The van der Waals surface area contributed by atoms with Crippen molar-refractivity contribution in [3.05, 3.63) is 28.8 Å². The minimum atomic E-state index is 0.0658. The highest BCUT2D eigenvalue weighted by atomic mass is 35.5. The molecule has 1 aliphatic carbocycles. The Hall–Kier alpha value is -1.53. The van der Waals surface area contributed by atoms with Crippen LogP contribution in [0.15, 0.2) is 18.2 Å². The van der Waals surface area contributed by atoms with Gasteiger partial charge in [0.1, 0.15) is 12.4 Å².